The molecule has 4 aromatic rings. The third-order valence-corrected chi connectivity index (χ3v) is 5.01. The van der Waals surface area contributed by atoms with Crippen molar-refractivity contribution < 1.29 is 9.21 Å². The van der Waals surface area contributed by atoms with Gasteiger partial charge in [0.25, 0.3) is 5.91 Å². The Morgan fingerprint density at radius 3 is 2.74 bits per heavy atom. The molecule has 4 rings (SSSR count). The molecule has 7 nitrogen and oxygen atoms in total. The number of nitrogens with two attached hydrogens (primary N) is 1. The topological polar surface area (TPSA) is 98.4 Å². The Kier molecular flexibility index (Phi) is 4.71. The smallest absolute Gasteiger partial charge is 0.252 e. The van der Waals surface area contributed by atoms with Gasteiger partial charge >= 0.3 is 0 Å². The van der Waals surface area contributed by atoms with E-state index in [4.69, 9.17) is 10.2 Å². The van der Waals surface area contributed by atoms with Gasteiger partial charge in [-0.15, -0.1) is 5.10 Å². The number of carbonyl (C=O) groups excluding carboxylic acids is 1. The number of halogens is 2. The zero-order valence-corrected chi connectivity index (χ0v) is 17.0. The summed E-state index contributed by atoms with van der Waals surface area (Å²) in [6.07, 6.45) is 0. The highest BCUT2D eigenvalue weighted by molar-refractivity contribution is 9.10. The van der Waals surface area contributed by atoms with Crippen LogP contribution in [-0.2, 0) is 6.54 Å². The Hall–Kier alpha value is -2.65. The van der Waals surface area contributed by atoms with Crippen molar-refractivity contribution >= 4 is 49.2 Å². The lowest BCUT2D eigenvalue weighted by molar-refractivity contribution is 0.0950. The van der Waals surface area contributed by atoms with Crippen LogP contribution >= 0.6 is 31.9 Å². The first kappa shape index (κ1) is 17.7. The number of aromatic nitrogens is 3. The molecule has 3 N–H and O–H groups in total. The summed E-state index contributed by atoms with van der Waals surface area (Å²) in [5.41, 5.74) is 8.06. The maximum atomic E-state index is 12.4. The van der Waals surface area contributed by atoms with Crippen molar-refractivity contribution in [3.05, 3.63) is 68.8 Å². The second-order valence-corrected chi connectivity index (χ2v) is 7.40. The fourth-order valence-electron chi connectivity index (χ4n) is 2.63. The van der Waals surface area contributed by atoms with Crippen molar-refractivity contribution in [2.24, 2.45) is 0 Å². The lowest BCUT2D eigenvalue weighted by Crippen LogP contribution is -2.23. The molecule has 0 saturated heterocycles. The summed E-state index contributed by atoms with van der Waals surface area (Å²) in [7, 11) is 0. The Labute approximate surface area is 170 Å². The maximum Gasteiger partial charge on any atom is 0.252 e. The van der Waals surface area contributed by atoms with Crippen molar-refractivity contribution in [2.75, 3.05) is 5.73 Å². The van der Waals surface area contributed by atoms with E-state index >= 15 is 0 Å². The minimum Gasteiger partial charge on any atom is -0.446 e. The van der Waals surface area contributed by atoms with Gasteiger partial charge in [-0.1, -0.05) is 12.1 Å². The summed E-state index contributed by atoms with van der Waals surface area (Å²) >= 11 is 6.64. The molecule has 0 fully saturated rings. The Morgan fingerprint density at radius 1 is 1.19 bits per heavy atom. The number of benzene rings is 1. The molecule has 0 saturated carbocycles. The fraction of sp³-hybridized carbons (Fsp3) is 0.0556. The molecule has 1 amide bonds. The van der Waals surface area contributed by atoms with E-state index in [9.17, 15) is 4.79 Å². The van der Waals surface area contributed by atoms with Crippen LogP contribution in [0.4, 0.5) is 5.82 Å². The number of nitrogens with one attached hydrogen (secondary N) is 1. The average molecular weight is 491 g/mol. The number of amides is 1. The first-order chi connectivity index (χ1) is 13.0. The van der Waals surface area contributed by atoms with E-state index in [2.05, 4.69) is 47.3 Å². The number of rotatable bonds is 4. The van der Waals surface area contributed by atoms with Crippen molar-refractivity contribution in [2.45, 2.75) is 6.54 Å². The van der Waals surface area contributed by atoms with Crippen LogP contribution in [0.1, 0.15) is 15.9 Å². The first-order valence-electron chi connectivity index (χ1n) is 7.95. The minimum atomic E-state index is -0.177. The predicted octanol–water partition coefficient (Wildman–Crippen LogP) is 4.03. The molecule has 0 atom stereocenters. The number of nitrogens with zero attached hydrogens (tertiary/aromatic N) is 3. The number of hydrogen-bond acceptors (Lipinski definition) is 5. The molecule has 3 aromatic heterocycles. The van der Waals surface area contributed by atoms with Crippen LogP contribution in [0.25, 0.3) is 17.2 Å². The molecule has 0 bridgehead atoms. The predicted molar refractivity (Wildman–Crippen MR) is 108 cm³/mol. The van der Waals surface area contributed by atoms with Crippen LogP contribution in [0.5, 0.6) is 0 Å². The number of furan rings is 1. The molecule has 0 aliphatic heterocycles. The molecule has 0 unspecified atom stereocenters. The van der Waals surface area contributed by atoms with Crippen LogP contribution in [0.2, 0.25) is 0 Å². The van der Waals surface area contributed by atoms with Crippen molar-refractivity contribution in [1.29, 1.82) is 0 Å². The Balaban J connectivity index is 1.58. The van der Waals surface area contributed by atoms with Gasteiger partial charge in [0, 0.05) is 11.0 Å². The quantitative estimate of drug-likeness (QED) is 0.450. The van der Waals surface area contributed by atoms with Gasteiger partial charge in [-0.05, 0) is 73.8 Å². The summed E-state index contributed by atoms with van der Waals surface area (Å²) in [5.74, 6) is 1.21. The third kappa shape index (κ3) is 3.60. The van der Waals surface area contributed by atoms with E-state index in [0.717, 1.165) is 10.0 Å². The largest absolute Gasteiger partial charge is 0.446 e. The molecule has 3 heterocycles. The maximum absolute atomic E-state index is 12.4. The van der Waals surface area contributed by atoms with E-state index in [1.54, 1.807) is 24.3 Å². The van der Waals surface area contributed by atoms with Crippen LogP contribution in [0, 0.1) is 0 Å². The lowest BCUT2D eigenvalue weighted by atomic mass is 10.2. The highest BCUT2D eigenvalue weighted by atomic mass is 79.9. The number of anilines is 1. The summed E-state index contributed by atoms with van der Waals surface area (Å²) in [6, 6.07) is 14.4. The van der Waals surface area contributed by atoms with Crippen LogP contribution in [-0.4, -0.2) is 20.5 Å². The minimum absolute atomic E-state index is 0.177. The van der Waals surface area contributed by atoms with E-state index in [0.29, 0.717) is 39.8 Å². The van der Waals surface area contributed by atoms with E-state index in [-0.39, 0.29) is 5.91 Å². The average Bonchev–Trinajstić information content (AvgIpc) is 3.26. The van der Waals surface area contributed by atoms with Gasteiger partial charge in [0.1, 0.15) is 5.82 Å². The molecular weight excluding hydrogens is 478 g/mol. The van der Waals surface area contributed by atoms with Crippen LogP contribution in [0.15, 0.2) is 62.1 Å². The van der Waals surface area contributed by atoms with Gasteiger partial charge in [-0.25, -0.2) is 4.98 Å². The van der Waals surface area contributed by atoms with Gasteiger partial charge in [0.15, 0.2) is 16.1 Å². The fourth-order valence-corrected chi connectivity index (χ4v) is 3.40. The van der Waals surface area contributed by atoms with Crippen LogP contribution in [0.3, 0.4) is 0 Å². The molecule has 0 aliphatic carbocycles. The number of fused-ring (bicyclic) bond motifs is 1. The van der Waals surface area contributed by atoms with Gasteiger partial charge in [0.2, 0.25) is 5.82 Å². The van der Waals surface area contributed by atoms with E-state index in [1.165, 1.54) is 4.52 Å². The molecule has 9 heteroatoms. The highest BCUT2D eigenvalue weighted by Gasteiger charge is 2.14. The van der Waals surface area contributed by atoms with Gasteiger partial charge in [-0.3, -0.25) is 4.79 Å². The number of pyridine rings is 1. The van der Waals surface area contributed by atoms with Gasteiger partial charge < -0.3 is 15.5 Å². The lowest BCUT2D eigenvalue weighted by Gasteiger charge is -2.08. The molecular formula is C18H13Br2N5O2. The SMILES string of the molecule is Nc1cc(CNC(=O)c2ccccc2Br)cc2nc(-c3ccc(Br)o3)nn12. The normalized spacial score (nSPS) is 11.0. The van der Waals surface area contributed by atoms with Crippen molar-refractivity contribution in [1.82, 2.24) is 19.9 Å². The number of carbonyl (C=O) groups is 1. The van der Waals surface area contributed by atoms with Gasteiger partial charge in [0.05, 0.1) is 5.56 Å². The standard InChI is InChI=1S/C18H13Br2N5O2/c19-12-4-2-1-3-11(12)18(26)22-9-10-7-15(21)25-16(8-10)23-17(24-25)13-5-6-14(20)27-13/h1-8H,9,21H2,(H,22,26). The van der Waals surface area contributed by atoms with Crippen molar-refractivity contribution in [3.63, 3.8) is 0 Å². The zero-order valence-electron chi connectivity index (χ0n) is 13.8. The second-order valence-electron chi connectivity index (χ2n) is 5.76. The van der Waals surface area contributed by atoms with E-state index < -0.39 is 0 Å². The highest BCUT2D eigenvalue weighted by Crippen LogP contribution is 2.24. The Morgan fingerprint density at radius 2 is 2.00 bits per heavy atom. The summed E-state index contributed by atoms with van der Waals surface area (Å²) in [4.78, 5) is 16.8. The number of nitrogen functional groups attached to an aromatic ring is 1. The summed E-state index contributed by atoms with van der Waals surface area (Å²) < 4.78 is 8.35. The second kappa shape index (κ2) is 7.16. The monoisotopic (exact) mass is 489 g/mol. The molecule has 0 aliphatic rings. The molecule has 1 aromatic carbocycles. The van der Waals surface area contributed by atoms with Crippen LogP contribution < -0.4 is 11.1 Å². The first-order valence-corrected chi connectivity index (χ1v) is 9.53. The van der Waals surface area contributed by atoms with E-state index in [1.807, 2.05) is 24.3 Å². The summed E-state index contributed by atoms with van der Waals surface area (Å²) in [5, 5.41) is 7.25. The molecule has 0 radical (unpaired) electrons. The van der Waals surface area contributed by atoms with Crippen molar-refractivity contribution in [3.8, 4) is 11.6 Å². The molecule has 0 spiro atoms. The molecule has 136 valence electrons. The summed E-state index contributed by atoms with van der Waals surface area (Å²) in [6.45, 7) is 0.315. The number of hydrogen-bond donors (Lipinski definition) is 2. The van der Waals surface area contributed by atoms with Gasteiger partial charge in [-0.2, -0.15) is 4.52 Å². The zero-order chi connectivity index (χ0) is 19.0. The third-order valence-electron chi connectivity index (χ3n) is 3.89. The molecule has 27 heavy (non-hydrogen) atoms. The Bertz CT molecular complexity index is 1150.